The van der Waals surface area contributed by atoms with Crippen molar-refractivity contribution in [3.05, 3.63) is 0 Å². The fourth-order valence-corrected chi connectivity index (χ4v) is 0.597. The van der Waals surface area contributed by atoms with Crippen molar-refractivity contribution in [2.45, 2.75) is 12.8 Å². The Hall–Kier alpha value is -0.770. The lowest BCUT2D eigenvalue weighted by molar-refractivity contribution is 0.784. The summed E-state index contributed by atoms with van der Waals surface area (Å²) in [6.45, 7) is 0. The SMILES string of the molecule is N=CC1CC#CC1. The molecule has 0 aromatic heterocycles. The van der Waals surface area contributed by atoms with E-state index in [1.165, 1.54) is 6.21 Å². The maximum absolute atomic E-state index is 6.79. The van der Waals surface area contributed by atoms with Gasteiger partial charge in [-0.2, -0.15) is 0 Å². The van der Waals surface area contributed by atoms with Crippen molar-refractivity contribution in [1.29, 1.82) is 5.41 Å². The molecule has 36 valence electrons. The monoisotopic (exact) mass is 93.1 g/mol. The van der Waals surface area contributed by atoms with Crippen molar-refractivity contribution in [3.63, 3.8) is 0 Å². The van der Waals surface area contributed by atoms with Gasteiger partial charge in [-0.15, -0.1) is 11.8 Å². The Balaban J connectivity index is 2.38. The number of nitrogens with one attached hydrogen (secondary N) is 1. The van der Waals surface area contributed by atoms with E-state index in [2.05, 4.69) is 11.8 Å². The number of hydrogen-bond acceptors (Lipinski definition) is 1. The smallest absolute Gasteiger partial charge is 0.0176 e. The number of rotatable bonds is 1. The van der Waals surface area contributed by atoms with E-state index in [1.807, 2.05) is 0 Å². The lowest BCUT2D eigenvalue weighted by atomic mass is 10.1. The van der Waals surface area contributed by atoms with Gasteiger partial charge in [-0.3, -0.25) is 0 Å². The predicted octanol–water partition coefficient (Wildman–Crippen LogP) is 1.05. The van der Waals surface area contributed by atoms with Gasteiger partial charge in [0.15, 0.2) is 0 Å². The molecule has 1 aliphatic carbocycles. The third kappa shape index (κ3) is 0.806. The maximum atomic E-state index is 6.79. The van der Waals surface area contributed by atoms with Crippen molar-refractivity contribution in [2.24, 2.45) is 5.92 Å². The van der Waals surface area contributed by atoms with Crippen LogP contribution in [0.4, 0.5) is 0 Å². The molecule has 7 heavy (non-hydrogen) atoms. The van der Waals surface area contributed by atoms with Crippen LogP contribution in [-0.4, -0.2) is 6.21 Å². The molecule has 0 aliphatic heterocycles. The van der Waals surface area contributed by atoms with Crippen LogP contribution < -0.4 is 0 Å². The summed E-state index contributed by atoms with van der Waals surface area (Å²) in [6.07, 6.45) is 3.28. The van der Waals surface area contributed by atoms with Crippen LogP contribution in [0.5, 0.6) is 0 Å². The Morgan fingerprint density at radius 1 is 1.43 bits per heavy atom. The third-order valence-electron chi connectivity index (χ3n) is 1.09. The Bertz CT molecular complexity index is 117. The van der Waals surface area contributed by atoms with Gasteiger partial charge in [0.05, 0.1) is 0 Å². The highest BCUT2D eigenvalue weighted by Gasteiger charge is 2.03. The molecule has 0 amide bonds. The average Bonchev–Trinajstić information content (AvgIpc) is 2.14. The first-order valence-electron chi connectivity index (χ1n) is 2.40. The van der Waals surface area contributed by atoms with Gasteiger partial charge in [-0.1, -0.05) is 0 Å². The molecule has 0 aromatic carbocycles. The zero-order valence-corrected chi connectivity index (χ0v) is 4.07. The van der Waals surface area contributed by atoms with Crippen molar-refractivity contribution in [3.8, 4) is 11.8 Å². The lowest BCUT2D eigenvalue weighted by Crippen LogP contribution is -1.92. The standard InChI is InChI=1S/C6H7N/c7-5-6-3-1-2-4-6/h5-7H,3-4H2. The van der Waals surface area contributed by atoms with E-state index in [0.717, 1.165) is 12.8 Å². The Labute approximate surface area is 43.2 Å². The summed E-state index contributed by atoms with van der Waals surface area (Å²) in [5.41, 5.74) is 0. The fraction of sp³-hybridized carbons (Fsp3) is 0.500. The lowest BCUT2D eigenvalue weighted by Gasteiger charge is -1.92. The molecule has 0 heterocycles. The van der Waals surface area contributed by atoms with E-state index < -0.39 is 0 Å². The maximum Gasteiger partial charge on any atom is 0.0176 e. The average molecular weight is 93.1 g/mol. The molecule has 0 bridgehead atoms. The van der Waals surface area contributed by atoms with E-state index >= 15 is 0 Å². The van der Waals surface area contributed by atoms with E-state index in [-0.39, 0.29) is 0 Å². The zero-order valence-electron chi connectivity index (χ0n) is 4.07. The fourth-order valence-electron chi connectivity index (χ4n) is 0.597. The van der Waals surface area contributed by atoms with Crippen LogP contribution in [0.2, 0.25) is 0 Å². The van der Waals surface area contributed by atoms with Gasteiger partial charge in [0.25, 0.3) is 0 Å². The first-order valence-corrected chi connectivity index (χ1v) is 2.40. The van der Waals surface area contributed by atoms with Gasteiger partial charge < -0.3 is 5.41 Å². The minimum atomic E-state index is 0.417. The predicted molar refractivity (Wildman–Crippen MR) is 29.3 cm³/mol. The van der Waals surface area contributed by atoms with Crippen LogP contribution in [-0.2, 0) is 0 Å². The summed E-state index contributed by atoms with van der Waals surface area (Å²) >= 11 is 0. The minimum Gasteiger partial charge on any atom is -0.313 e. The topological polar surface area (TPSA) is 23.9 Å². The van der Waals surface area contributed by atoms with Crippen LogP contribution in [0.25, 0.3) is 0 Å². The van der Waals surface area contributed by atoms with E-state index in [0.29, 0.717) is 5.92 Å². The molecule has 0 saturated heterocycles. The summed E-state index contributed by atoms with van der Waals surface area (Å²) in [7, 11) is 0. The second-order valence-electron chi connectivity index (χ2n) is 1.69. The van der Waals surface area contributed by atoms with Crippen LogP contribution in [0, 0.1) is 23.2 Å². The first kappa shape index (κ1) is 4.39. The Morgan fingerprint density at radius 2 is 2.00 bits per heavy atom. The second-order valence-corrected chi connectivity index (χ2v) is 1.69. The quantitative estimate of drug-likeness (QED) is 0.370. The molecule has 1 nitrogen and oxygen atoms in total. The van der Waals surface area contributed by atoms with Crippen molar-refractivity contribution < 1.29 is 0 Å². The van der Waals surface area contributed by atoms with Gasteiger partial charge >= 0.3 is 0 Å². The zero-order chi connectivity index (χ0) is 5.11. The molecule has 1 aliphatic rings. The molecule has 0 spiro atoms. The molecular formula is C6H7N. The number of hydrogen-bond donors (Lipinski definition) is 1. The highest BCUT2D eigenvalue weighted by atomic mass is 14.3. The highest BCUT2D eigenvalue weighted by Crippen LogP contribution is 2.07. The van der Waals surface area contributed by atoms with Crippen LogP contribution in [0.3, 0.4) is 0 Å². The molecule has 0 atom stereocenters. The van der Waals surface area contributed by atoms with Crippen LogP contribution >= 0.6 is 0 Å². The van der Waals surface area contributed by atoms with Gasteiger partial charge in [-0.25, -0.2) is 0 Å². The summed E-state index contributed by atoms with van der Waals surface area (Å²) < 4.78 is 0. The summed E-state index contributed by atoms with van der Waals surface area (Å²) in [4.78, 5) is 0. The third-order valence-corrected chi connectivity index (χ3v) is 1.09. The second kappa shape index (κ2) is 1.79. The van der Waals surface area contributed by atoms with Crippen molar-refractivity contribution in [2.75, 3.05) is 0 Å². The Kier molecular flexibility index (Phi) is 1.12. The summed E-state index contributed by atoms with van der Waals surface area (Å²) in [6, 6.07) is 0. The molecule has 0 saturated carbocycles. The molecule has 0 radical (unpaired) electrons. The molecule has 0 aromatic rings. The van der Waals surface area contributed by atoms with Gasteiger partial charge in [0, 0.05) is 25.0 Å². The highest BCUT2D eigenvalue weighted by molar-refractivity contribution is 5.59. The molecule has 0 fully saturated rings. The van der Waals surface area contributed by atoms with E-state index in [1.54, 1.807) is 0 Å². The van der Waals surface area contributed by atoms with Crippen molar-refractivity contribution >= 4 is 6.21 Å². The van der Waals surface area contributed by atoms with E-state index in [4.69, 9.17) is 5.41 Å². The Morgan fingerprint density at radius 3 is 2.29 bits per heavy atom. The largest absolute Gasteiger partial charge is 0.313 e. The summed E-state index contributed by atoms with van der Waals surface area (Å²) in [5.74, 6) is 6.26. The van der Waals surface area contributed by atoms with Gasteiger partial charge in [-0.05, 0) is 0 Å². The van der Waals surface area contributed by atoms with Crippen LogP contribution in [0.1, 0.15) is 12.8 Å². The molecule has 0 unspecified atom stereocenters. The van der Waals surface area contributed by atoms with Gasteiger partial charge in [0.2, 0.25) is 0 Å². The van der Waals surface area contributed by atoms with Gasteiger partial charge in [0.1, 0.15) is 0 Å². The molecular weight excluding hydrogens is 86.1 g/mol. The van der Waals surface area contributed by atoms with Crippen molar-refractivity contribution in [1.82, 2.24) is 0 Å². The summed E-state index contributed by atoms with van der Waals surface area (Å²) in [5, 5.41) is 6.79. The normalized spacial score (nSPS) is 18.3. The minimum absolute atomic E-state index is 0.417. The van der Waals surface area contributed by atoms with E-state index in [9.17, 15) is 0 Å². The van der Waals surface area contributed by atoms with Crippen LogP contribution in [0.15, 0.2) is 0 Å². The molecule has 1 rings (SSSR count). The first-order chi connectivity index (χ1) is 3.43. The molecule has 1 N–H and O–H groups in total. The molecule has 1 heteroatoms.